The van der Waals surface area contributed by atoms with E-state index in [1.807, 2.05) is 60.7 Å². The van der Waals surface area contributed by atoms with E-state index in [1.165, 1.54) is 0 Å². The molecule has 19 heavy (non-hydrogen) atoms. The average Bonchev–Trinajstić information content (AvgIpc) is 2.78. The van der Waals surface area contributed by atoms with Gasteiger partial charge in [-0.25, -0.2) is 4.79 Å². The molecule has 0 unspecified atom stereocenters. The molecule has 0 aromatic heterocycles. The van der Waals surface area contributed by atoms with Gasteiger partial charge in [0.2, 0.25) is 0 Å². The fourth-order valence-electron chi connectivity index (χ4n) is 2.54. The first-order valence-electron chi connectivity index (χ1n) is 6.24. The largest absolute Gasteiger partial charge is 0.446 e. The van der Waals surface area contributed by atoms with E-state index < -0.39 is 5.60 Å². The second-order valence-corrected chi connectivity index (χ2v) is 4.73. The molecule has 0 bridgehead atoms. The number of benzene rings is 2. The van der Waals surface area contributed by atoms with Crippen LogP contribution in [0, 0.1) is 0 Å². The molecule has 0 saturated carbocycles. The van der Waals surface area contributed by atoms with Crippen molar-refractivity contribution in [3.8, 4) is 0 Å². The topological polar surface area (TPSA) is 26.3 Å². The van der Waals surface area contributed by atoms with Gasteiger partial charge >= 0.3 is 5.97 Å². The lowest BCUT2D eigenvalue weighted by atomic mass is 9.83. The highest BCUT2D eigenvalue weighted by Crippen LogP contribution is 2.44. The van der Waals surface area contributed by atoms with Gasteiger partial charge in [0.05, 0.1) is 0 Å². The van der Waals surface area contributed by atoms with Crippen molar-refractivity contribution in [3.05, 3.63) is 83.9 Å². The maximum atomic E-state index is 11.8. The van der Waals surface area contributed by atoms with Gasteiger partial charge in [-0.3, -0.25) is 0 Å². The Morgan fingerprint density at radius 1 is 0.895 bits per heavy atom. The lowest BCUT2D eigenvalue weighted by molar-refractivity contribution is -0.144. The summed E-state index contributed by atoms with van der Waals surface area (Å²) in [6, 6.07) is 19.7. The van der Waals surface area contributed by atoms with E-state index in [9.17, 15) is 4.79 Å². The fourth-order valence-corrected chi connectivity index (χ4v) is 2.54. The molecule has 3 rings (SSSR count). The van der Waals surface area contributed by atoms with Crippen molar-refractivity contribution >= 4 is 5.97 Å². The second kappa shape index (κ2) is 4.39. The van der Waals surface area contributed by atoms with Crippen molar-refractivity contribution < 1.29 is 9.53 Å². The van der Waals surface area contributed by atoms with Gasteiger partial charge in [0.25, 0.3) is 0 Å². The third-order valence-electron chi connectivity index (χ3n) is 3.50. The van der Waals surface area contributed by atoms with Crippen LogP contribution in [0.15, 0.2) is 72.8 Å². The van der Waals surface area contributed by atoms with Crippen molar-refractivity contribution in [3.63, 3.8) is 0 Å². The van der Waals surface area contributed by atoms with E-state index in [-0.39, 0.29) is 5.97 Å². The quantitative estimate of drug-likeness (QED) is 0.603. The Morgan fingerprint density at radius 2 is 1.37 bits per heavy atom. The minimum atomic E-state index is -0.726. The molecule has 1 aliphatic rings. The predicted octanol–water partition coefficient (Wildman–Crippen LogP) is 3.43. The number of carbonyl (C=O) groups excluding carboxylic acids is 1. The molecule has 2 heteroatoms. The van der Waals surface area contributed by atoms with Gasteiger partial charge < -0.3 is 4.74 Å². The molecule has 1 heterocycles. The summed E-state index contributed by atoms with van der Waals surface area (Å²) in [6.45, 7) is 3.81. The summed E-state index contributed by atoms with van der Waals surface area (Å²) in [7, 11) is 0. The molecule has 0 aliphatic carbocycles. The van der Waals surface area contributed by atoms with E-state index in [1.54, 1.807) is 0 Å². The SMILES string of the molecule is C=C1CC(c2ccccc2)(c2ccccc2)OC1=O. The van der Waals surface area contributed by atoms with Crippen molar-refractivity contribution in [1.29, 1.82) is 0 Å². The summed E-state index contributed by atoms with van der Waals surface area (Å²) in [6.07, 6.45) is 0.500. The van der Waals surface area contributed by atoms with Crippen LogP contribution in [0.3, 0.4) is 0 Å². The lowest BCUT2D eigenvalue weighted by Crippen LogP contribution is -2.27. The van der Waals surface area contributed by atoms with Gasteiger partial charge in [-0.2, -0.15) is 0 Å². The van der Waals surface area contributed by atoms with E-state index in [0.29, 0.717) is 12.0 Å². The Hall–Kier alpha value is -2.35. The molecule has 1 saturated heterocycles. The van der Waals surface area contributed by atoms with Crippen LogP contribution in [0.5, 0.6) is 0 Å². The van der Waals surface area contributed by atoms with Crippen LogP contribution in [-0.2, 0) is 15.1 Å². The molecular weight excluding hydrogens is 236 g/mol. The lowest BCUT2D eigenvalue weighted by Gasteiger charge is -2.28. The molecule has 2 aromatic rings. The zero-order chi connectivity index (χ0) is 13.3. The molecule has 1 fully saturated rings. The molecule has 0 amide bonds. The Morgan fingerprint density at radius 3 is 1.74 bits per heavy atom. The molecule has 0 radical (unpaired) electrons. The van der Waals surface area contributed by atoms with Gasteiger partial charge in [0.1, 0.15) is 0 Å². The van der Waals surface area contributed by atoms with Crippen molar-refractivity contribution in [2.24, 2.45) is 0 Å². The standard InChI is InChI=1S/C17H14O2/c1-13-12-17(19-16(13)18,14-8-4-2-5-9-14)15-10-6-3-7-11-15/h2-11H,1,12H2. The molecule has 2 nitrogen and oxygen atoms in total. The summed E-state index contributed by atoms with van der Waals surface area (Å²) in [5, 5.41) is 0. The highest BCUT2D eigenvalue weighted by atomic mass is 16.6. The molecule has 94 valence electrons. The maximum absolute atomic E-state index is 11.8. The third-order valence-corrected chi connectivity index (χ3v) is 3.50. The second-order valence-electron chi connectivity index (χ2n) is 4.73. The Balaban J connectivity index is 2.18. The Bertz CT molecular complexity index is 557. The number of ether oxygens (including phenoxy) is 1. The number of cyclic esters (lactones) is 1. The molecule has 1 aliphatic heterocycles. The smallest absolute Gasteiger partial charge is 0.334 e. The van der Waals surface area contributed by atoms with E-state index in [4.69, 9.17) is 4.74 Å². The number of hydrogen-bond acceptors (Lipinski definition) is 2. The molecular formula is C17H14O2. The summed E-state index contributed by atoms with van der Waals surface area (Å²) in [5.74, 6) is -0.312. The Labute approximate surface area is 112 Å². The number of hydrogen-bond donors (Lipinski definition) is 0. The van der Waals surface area contributed by atoms with Crippen molar-refractivity contribution in [2.75, 3.05) is 0 Å². The average molecular weight is 250 g/mol. The van der Waals surface area contributed by atoms with Gasteiger partial charge in [0.15, 0.2) is 5.60 Å². The monoisotopic (exact) mass is 250 g/mol. The Kier molecular flexibility index (Phi) is 2.71. The fraction of sp³-hybridized carbons (Fsp3) is 0.118. The van der Waals surface area contributed by atoms with Gasteiger partial charge in [0, 0.05) is 23.1 Å². The zero-order valence-corrected chi connectivity index (χ0v) is 10.5. The maximum Gasteiger partial charge on any atom is 0.334 e. The molecule has 2 aromatic carbocycles. The summed E-state index contributed by atoms with van der Waals surface area (Å²) >= 11 is 0. The van der Waals surface area contributed by atoms with Crippen LogP contribution in [0.4, 0.5) is 0 Å². The predicted molar refractivity (Wildman–Crippen MR) is 73.5 cm³/mol. The van der Waals surface area contributed by atoms with Gasteiger partial charge in [-0.1, -0.05) is 67.2 Å². The highest BCUT2D eigenvalue weighted by molar-refractivity contribution is 5.91. The first kappa shape index (κ1) is 11.7. The molecule has 0 atom stereocenters. The summed E-state index contributed by atoms with van der Waals surface area (Å²) in [5.41, 5.74) is 1.76. The van der Waals surface area contributed by atoms with Crippen LogP contribution in [0.2, 0.25) is 0 Å². The van der Waals surface area contributed by atoms with E-state index >= 15 is 0 Å². The third kappa shape index (κ3) is 1.85. The van der Waals surface area contributed by atoms with E-state index in [2.05, 4.69) is 6.58 Å². The van der Waals surface area contributed by atoms with Crippen LogP contribution in [-0.4, -0.2) is 5.97 Å². The van der Waals surface area contributed by atoms with Gasteiger partial charge in [-0.15, -0.1) is 0 Å². The molecule has 0 spiro atoms. The number of carbonyl (C=O) groups is 1. The zero-order valence-electron chi connectivity index (χ0n) is 10.5. The summed E-state index contributed by atoms with van der Waals surface area (Å²) < 4.78 is 5.69. The van der Waals surface area contributed by atoms with Crippen LogP contribution in [0.1, 0.15) is 17.5 Å². The minimum absolute atomic E-state index is 0.312. The number of rotatable bonds is 2. The highest BCUT2D eigenvalue weighted by Gasteiger charge is 2.45. The van der Waals surface area contributed by atoms with Crippen LogP contribution in [0.25, 0.3) is 0 Å². The van der Waals surface area contributed by atoms with Gasteiger partial charge in [-0.05, 0) is 0 Å². The van der Waals surface area contributed by atoms with Crippen molar-refractivity contribution in [1.82, 2.24) is 0 Å². The van der Waals surface area contributed by atoms with E-state index in [0.717, 1.165) is 11.1 Å². The normalized spacial score (nSPS) is 17.3. The number of esters is 1. The van der Waals surface area contributed by atoms with Crippen LogP contribution >= 0.6 is 0 Å². The van der Waals surface area contributed by atoms with Crippen molar-refractivity contribution in [2.45, 2.75) is 12.0 Å². The minimum Gasteiger partial charge on any atom is -0.446 e. The van der Waals surface area contributed by atoms with Crippen LogP contribution < -0.4 is 0 Å². The first-order chi connectivity index (χ1) is 9.22. The first-order valence-corrected chi connectivity index (χ1v) is 6.24. The summed E-state index contributed by atoms with van der Waals surface area (Å²) in [4.78, 5) is 11.8. The molecule has 0 N–H and O–H groups in total.